The Hall–Kier alpha value is -0.640. The van der Waals surface area contributed by atoms with E-state index in [-0.39, 0.29) is 6.04 Å². The number of fused-ring (bicyclic) bond motifs is 1. The zero-order valence-electron chi connectivity index (χ0n) is 10.2. The van der Waals surface area contributed by atoms with Crippen LogP contribution in [-0.4, -0.2) is 0 Å². The largest absolute Gasteiger partial charge is 0.323 e. The van der Waals surface area contributed by atoms with Crippen LogP contribution in [0.5, 0.6) is 0 Å². The molecular weight excluding hydrogens is 306 g/mol. The number of thiophene rings is 1. The lowest BCUT2D eigenvalue weighted by atomic mass is 10.0. The molecule has 1 heterocycles. The lowest BCUT2D eigenvalue weighted by Crippen LogP contribution is -2.11. The average molecular weight is 322 g/mol. The van der Waals surface area contributed by atoms with E-state index in [2.05, 4.69) is 46.3 Å². The van der Waals surface area contributed by atoms with Crippen molar-refractivity contribution in [2.75, 3.05) is 0 Å². The Balaban J connectivity index is 1.76. The SMILES string of the molecule is NC(Cc1cccc(Br)c1)c1cc2c(s1)CCC2. The predicted molar refractivity (Wildman–Crippen MR) is 81.1 cm³/mol. The topological polar surface area (TPSA) is 26.0 Å². The van der Waals surface area contributed by atoms with Crippen molar-refractivity contribution in [3.05, 3.63) is 55.7 Å². The van der Waals surface area contributed by atoms with E-state index >= 15 is 0 Å². The van der Waals surface area contributed by atoms with Crippen LogP contribution in [0.15, 0.2) is 34.8 Å². The van der Waals surface area contributed by atoms with Crippen LogP contribution in [0.25, 0.3) is 0 Å². The molecule has 0 fully saturated rings. The standard InChI is InChI=1S/C15H16BrNS/c16-12-5-1-3-10(7-12)8-13(17)15-9-11-4-2-6-14(11)18-15/h1,3,5,7,9,13H,2,4,6,8,17H2. The lowest BCUT2D eigenvalue weighted by molar-refractivity contribution is 0.735. The molecule has 1 nitrogen and oxygen atoms in total. The molecule has 2 N–H and O–H groups in total. The van der Waals surface area contributed by atoms with Crippen molar-refractivity contribution in [1.82, 2.24) is 0 Å². The molecule has 1 atom stereocenters. The summed E-state index contributed by atoms with van der Waals surface area (Å²) in [4.78, 5) is 2.91. The van der Waals surface area contributed by atoms with Gasteiger partial charge in [-0.25, -0.2) is 0 Å². The minimum absolute atomic E-state index is 0.134. The summed E-state index contributed by atoms with van der Waals surface area (Å²) in [5, 5.41) is 0. The molecule has 1 aromatic heterocycles. The second-order valence-corrected chi connectivity index (χ2v) is 6.98. The number of hydrogen-bond donors (Lipinski definition) is 1. The van der Waals surface area contributed by atoms with Gasteiger partial charge in [0.2, 0.25) is 0 Å². The Morgan fingerprint density at radius 1 is 1.28 bits per heavy atom. The van der Waals surface area contributed by atoms with Crippen LogP contribution in [-0.2, 0) is 19.3 Å². The van der Waals surface area contributed by atoms with Crippen molar-refractivity contribution in [1.29, 1.82) is 0 Å². The molecule has 1 aliphatic rings. The number of aryl methyl sites for hydroxylation is 2. The highest BCUT2D eigenvalue weighted by molar-refractivity contribution is 9.10. The van der Waals surface area contributed by atoms with E-state index < -0.39 is 0 Å². The Bertz CT molecular complexity index is 540. The fourth-order valence-electron chi connectivity index (χ4n) is 2.55. The number of benzene rings is 1. The van der Waals surface area contributed by atoms with Crippen LogP contribution >= 0.6 is 27.3 Å². The molecule has 0 saturated carbocycles. The Morgan fingerprint density at radius 2 is 2.17 bits per heavy atom. The van der Waals surface area contributed by atoms with Crippen molar-refractivity contribution in [3.63, 3.8) is 0 Å². The van der Waals surface area contributed by atoms with Gasteiger partial charge in [-0.3, -0.25) is 0 Å². The Labute approximate surface area is 120 Å². The second kappa shape index (κ2) is 5.16. The molecule has 0 bridgehead atoms. The van der Waals surface area contributed by atoms with E-state index in [1.807, 2.05) is 11.3 Å². The second-order valence-electron chi connectivity index (χ2n) is 4.89. The normalized spacial score (nSPS) is 15.7. The van der Waals surface area contributed by atoms with E-state index in [1.54, 1.807) is 10.4 Å². The van der Waals surface area contributed by atoms with E-state index in [1.165, 1.54) is 29.7 Å². The molecule has 1 aliphatic carbocycles. The van der Waals surface area contributed by atoms with Gasteiger partial charge in [0.15, 0.2) is 0 Å². The Morgan fingerprint density at radius 3 is 2.94 bits per heavy atom. The molecule has 3 heteroatoms. The summed E-state index contributed by atoms with van der Waals surface area (Å²) in [6, 6.07) is 10.9. The maximum Gasteiger partial charge on any atom is 0.0430 e. The number of hydrogen-bond acceptors (Lipinski definition) is 2. The van der Waals surface area contributed by atoms with Gasteiger partial charge in [0.25, 0.3) is 0 Å². The van der Waals surface area contributed by atoms with Gasteiger partial charge in [0, 0.05) is 20.3 Å². The molecule has 2 aromatic rings. The molecule has 3 rings (SSSR count). The summed E-state index contributed by atoms with van der Waals surface area (Å²) >= 11 is 5.42. The van der Waals surface area contributed by atoms with Gasteiger partial charge in [-0.15, -0.1) is 11.3 Å². The first kappa shape index (κ1) is 12.4. The van der Waals surface area contributed by atoms with Crippen molar-refractivity contribution < 1.29 is 0 Å². The van der Waals surface area contributed by atoms with Gasteiger partial charge in [-0.2, -0.15) is 0 Å². The van der Waals surface area contributed by atoms with Gasteiger partial charge in [0.05, 0.1) is 0 Å². The third kappa shape index (κ3) is 2.53. The molecule has 0 saturated heterocycles. The summed E-state index contributed by atoms with van der Waals surface area (Å²) in [6.07, 6.45) is 4.74. The lowest BCUT2D eigenvalue weighted by Gasteiger charge is -2.10. The summed E-state index contributed by atoms with van der Waals surface area (Å²) in [7, 11) is 0. The molecule has 1 aromatic carbocycles. The smallest absolute Gasteiger partial charge is 0.0430 e. The van der Waals surface area contributed by atoms with Crippen LogP contribution in [0, 0.1) is 0 Å². The highest BCUT2D eigenvalue weighted by atomic mass is 79.9. The third-order valence-corrected chi connectivity index (χ3v) is 5.34. The third-order valence-electron chi connectivity index (χ3n) is 3.48. The molecule has 0 amide bonds. The van der Waals surface area contributed by atoms with Crippen LogP contribution in [0.2, 0.25) is 0 Å². The van der Waals surface area contributed by atoms with Crippen molar-refractivity contribution in [2.24, 2.45) is 5.73 Å². The quantitative estimate of drug-likeness (QED) is 0.898. The molecule has 18 heavy (non-hydrogen) atoms. The summed E-state index contributed by atoms with van der Waals surface area (Å²) in [5.41, 5.74) is 9.17. The minimum atomic E-state index is 0.134. The molecular formula is C15H16BrNS. The first-order valence-electron chi connectivity index (χ1n) is 6.34. The Kier molecular flexibility index (Phi) is 3.55. The molecule has 94 valence electrons. The fraction of sp³-hybridized carbons (Fsp3) is 0.333. The van der Waals surface area contributed by atoms with Gasteiger partial charge in [0.1, 0.15) is 0 Å². The van der Waals surface area contributed by atoms with Gasteiger partial charge in [-0.1, -0.05) is 28.1 Å². The van der Waals surface area contributed by atoms with Crippen molar-refractivity contribution in [3.8, 4) is 0 Å². The average Bonchev–Trinajstić information content (AvgIpc) is 2.88. The first-order chi connectivity index (χ1) is 8.72. The number of nitrogens with two attached hydrogens (primary N) is 1. The monoisotopic (exact) mass is 321 g/mol. The van der Waals surface area contributed by atoms with Crippen LogP contribution < -0.4 is 5.73 Å². The van der Waals surface area contributed by atoms with Crippen LogP contribution in [0.4, 0.5) is 0 Å². The highest BCUT2D eigenvalue weighted by Crippen LogP contribution is 2.34. The number of halogens is 1. The number of rotatable bonds is 3. The summed E-state index contributed by atoms with van der Waals surface area (Å²) in [6.45, 7) is 0. The van der Waals surface area contributed by atoms with E-state index in [9.17, 15) is 0 Å². The van der Waals surface area contributed by atoms with E-state index in [0.717, 1.165) is 10.9 Å². The molecule has 0 spiro atoms. The van der Waals surface area contributed by atoms with Crippen molar-refractivity contribution >= 4 is 27.3 Å². The minimum Gasteiger partial charge on any atom is -0.323 e. The highest BCUT2D eigenvalue weighted by Gasteiger charge is 2.18. The van der Waals surface area contributed by atoms with Gasteiger partial charge < -0.3 is 5.73 Å². The molecule has 0 aliphatic heterocycles. The zero-order valence-corrected chi connectivity index (χ0v) is 12.6. The predicted octanol–water partition coefficient (Wildman–Crippen LogP) is 4.24. The van der Waals surface area contributed by atoms with Crippen LogP contribution in [0.1, 0.15) is 33.3 Å². The summed E-state index contributed by atoms with van der Waals surface area (Å²) in [5.74, 6) is 0. The van der Waals surface area contributed by atoms with E-state index in [4.69, 9.17) is 5.73 Å². The fourth-order valence-corrected chi connectivity index (χ4v) is 4.26. The summed E-state index contributed by atoms with van der Waals surface area (Å²) < 4.78 is 1.13. The van der Waals surface area contributed by atoms with Crippen molar-refractivity contribution in [2.45, 2.75) is 31.7 Å². The van der Waals surface area contributed by atoms with E-state index in [0.29, 0.717) is 0 Å². The maximum absolute atomic E-state index is 6.33. The zero-order chi connectivity index (χ0) is 12.5. The maximum atomic E-state index is 6.33. The van der Waals surface area contributed by atoms with Gasteiger partial charge in [-0.05, 0) is 55.0 Å². The van der Waals surface area contributed by atoms with Crippen LogP contribution in [0.3, 0.4) is 0 Å². The van der Waals surface area contributed by atoms with Gasteiger partial charge >= 0.3 is 0 Å². The first-order valence-corrected chi connectivity index (χ1v) is 7.95. The molecule has 0 radical (unpaired) electrons. The molecule has 1 unspecified atom stereocenters.